The predicted molar refractivity (Wildman–Crippen MR) is 94.7 cm³/mol. The second-order valence-electron chi connectivity index (χ2n) is 4.94. The van der Waals surface area contributed by atoms with Crippen LogP contribution in [0.15, 0.2) is 45.3 Å². The molecule has 21 heavy (non-hydrogen) atoms. The topological polar surface area (TPSA) is 21.3 Å². The van der Waals surface area contributed by atoms with Gasteiger partial charge in [0.2, 0.25) is 0 Å². The van der Waals surface area contributed by atoms with Crippen molar-refractivity contribution < 1.29 is 4.74 Å². The molecule has 0 aliphatic rings. The van der Waals surface area contributed by atoms with E-state index in [1.165, 1.54) is 11.1 Å². The van der Waals surface area contributed by atoms with Crippen molar-refractivity contribution in [3.05, 3.63) is 62.0 Å². The highest BCUT2D eigenvalue weighted by atomic mass is 79.9. The van der Waals surface area contributed by atoms with Gasteiger partial charge in [-0.25, -0.2) is 0 Å². The zero-order chi connectivity index (χ0) is 15.2. The Hall–Kier alpha value is -0.840. The van der Waals surface area contributed by atoms with Gasteiger partial charge in [0.15, 0.2) is 0 Å². The molecule has 0 aliphatic carbocycles. The second-order valence-corrected chi connectivity index (χ2v) is 6.65. The molecule has 112 valence electrons. The molecule has 0 atom stereocenters. The highest BCUT2D eigenvalue weighted by Crippen LogP contribution is 2.35. The van der Waals surface area contributed by atoms with E-state index in [-0.39, 0.29) is 0 Å². The van der Waals surface area contributed by atoms with Crippen LogP contribution in [0.2, 0.25) is 0 Å². The average Bonchev–Trinajstić information content (AvgIpc) is 2.46. The number of hydrogen-bond acceptors (Lipinski definition) is 2. The van der Waals surface area contributed by atoms with Gasteiger partial charge in [0.25, 0.3) is 0 Å². The summed E-state index contributed by atoms with van der Waals surface area (Å²) in [6.45, 7) is 6.56. The van der Waals surface area contributed by atoms with Crippen LogP contribution in [0.3, 0.4) is 0 Å². The molecule has 0 amide bonds. The summed E-state index contributed by atoms with van der Waals surface area (Å²) in [6, 6.07) is 12.6. The van der Waals surface area contributed by atoms with Crippen LogP contribution in [0.25, 0.3) is 0 Å². The van der Waals surface area contributed by atoms with Crippen LogP contribution in [-0.2, 0) is 13.2 Å². The Morgan fingerprint density at radius 3 is 2.19 bits per heavy atom. The third-order valence-corrected chi connectivity index (χ3v) is 4.32. The summed E-state index contributed by atoms with van der Waals surface area (Å²) in [5, 5.41) is 3.32. The molecule has 0 fully saturated rings. The number of halogens is 2. The fourth-order valence-corrected chi connectivity index (χ4v) is 3.47. The zero-order valence-electron chi connectivity index (χ0n) is 12.2. The largest absolute Gasteiger partial charge is 0.487 e. The first-order valence-corrected chi connectivity index (χ1v) is 8.55. The number of benzene rings is 2. The third kappa shape index (κ3) is 4.83. The van der Waals surface area contributed by atoms with Gasteiger partial charge in [0.05, 0.1) is 8.95 Å². The molecule has 0 saturated carbocycles. The van der Waals surface area contributed by atoms with Crippen LogP contribution in [0.5, 0.6) is 5.75 Å². The Morgan fingerprint density at radius 2 is 1.62 bits per heavy atom. The van der Waals surface area contributed by atoms with Crippen LogP contribution in [0.1, 0.15) is 23.6 Å². The van der Waals surface area contributed by atoms with Crippen molar-refractivity contribution in [1.29, 1.82) is 0 Å². The minimum Gasteiger partial charge on any atom is -0.487 e. The first-order chi connectivity index (χ1) is 10.1. The quantitative estimate of drug-likeness (QED) is 0.703. The van der Waals surface area contributed by atoms with E-state index >= 15 is 0 Å². The Kier molecular flexibility index (Phi) is 6.27. The van der Waals surface area contributed by atoms with Gasteiger partial charge in [-0.3, -0.25) is 0 Å². The van der Waals surface area contributed by atoms with Crippen molar-refractivity contribution in [2.75, 3.05) is 6.54 Å². The lowest BCUT2D eigenvalue weighted by Gasteiger charge is -2.13. The fraction of sp³-hybridized carbons (Fsp3) is 0.294. The van der Waals surface area contributed by atoms with Crippen molar-refractivity contribution in [3.8, 4) is 5.75 Å². The molecule has 2 rings (SSSR count). The van der Waals surface area contributed by atoms with Crippen LogP contribution in [0, 0.1) is 6.92 Å². The van der Waals surface area contributed by atoms with Gasteiger partial charge in [0, 0.05) is 6.54 Å². The summed E-state index contributed by atoms with van der Waals surface area (Å²) in [7, 11) is 0. The molecule has 4 heteroatoms. The van der Waals surface area contributed by atoms with Crippen molar-refractivity contribution in [3.63, 3.8) is 0 Å². The van der Waals surface area contributed by atoms with Crippen LogP contribution in [-0.4, -0.2) is 6.54 Å². The molecule has 2 nitrogen and oxygen atoms in total. The fourth-order valence-electron chi connectivity index (χ4n) is 1.96. The molecule has 1 N–H and O–H groups in total. The number of nitrogens with one attached hydrogen (secondary N) is 1. The first kappa shape index (κ1) is 16.5. The smallest absolute Gasteiger partial charge is 0.148 e. The maximum absolute atomic E-state index is 5.94. The Labute approximate surface area is 143 Å². The van der Waals surface area contributed by atoms with E-state index < -0.39 is 0 Å². The molecule has 0 unspecified atom stereocenters. The maximum atomic E-state index is 5.94. The van der Waals surface area contributed by atoms with Gasteiger partial charge < -0.3 is 10.1 Å². The van der Waals surface area contributed by atoms with Gasteiger partial charge in [-0.1, -0.05) is 36.8 Å². The summed E-state index contributed by atoms with van der Waals surface area (Å²) in [5.41, 5.74) is 3.64. The van der Waals surface area contributed by atoms with Gasteiger partial charge in [-0.15, -0.1) is 0 Å². The van der Waals surface area contributed by atoms with Crippen LogP contribution < -0.4 is 10.1 Å². The summed E-state index contributed by atoms with van der Waals surface area (Å²) >= 11 is 7.18. The lowest BCUT2D eigenvalue weighted by Crippen LogP contribution is -2.11. The standard InChI is InChI=1S/C17H19Br2NO/c1-3-20-10-14-8-15(18)17(16(19)9-14)21-11-13-6-4-12(2)5-7-13/h4-9,20H,3,10-11H2,1-2H3. The van der Waals surface area contributed by atoms with E-state index in [0.29, 0.717) is 6.61 Å². The Balaban J connectivity index is 2.07. The van der Waals surface area contributed by atoms with Gasteiger partial charge in [-0.05, 0) is 68.6 Å². The summed E-state index contributed by atoms with van der Waals surface area (Å²) < 4.78 is 7.88. The highest BCUT2D eigenvalue weighted by molar-refractivity contribution is 9.11. The number of hydrogen-bond donors (Lipinski definition) is 1. The summed E-state index contributed by atoms with van der Waals surface area (Å²) in [5.74, 6) is 0.843. The van der Waals surface area contributed by atoms with Crippen molar-refractivity contribution >= 4 is 31.9 Å². The highest BCUT2D eigenvalue weighted by Gasteiger charge is 2.09. The Bertz CT molecular complexity index is 573. The lowest BCUT2D eigenvalue weighted by atomic mass is 10.2. The SMILES string of the molecule is CCNCc1cc(Br)c(OCc2ccc(C)cc2)c(Br)c1. The van der Waals surface area contributed by atoms with E-state index in [1.54, 1.807) is 0 Å². The molecule has 0 bridgehead atoms. The molecule has 2 aromatic rings. The molecular weight excluding hydrogens is 394 g/mol. The van der Waals surface area contributed by atoms with Gasteiger partial charge in [0.1, 0.15) is 12.4 Å². The second kappa shape index (κ2) is 7.97. The first-order valence-electron chi connectivity index (χ1n) is 6.97. The minimum absolute atomic E-state index is 0.560. The summed E-state index contributed by atoms with van der Waals surface area (Å²) in [6.07, 6.45) is 0. The van der Waals surface area contributed by atoms with E-state index in [4.69, 9.17) is 4.74 Å². The molecule has 0 aromatic heterocycles. The maximum Gasteiger partial charge on any atom is 0.148 e. The molecule has 2 aromatic carbocycles. The minimum atomic E-state index is 0.560. The van der Waals surface area contributed by atoms with Gasteiger partial charge >= 0.3 is 0 Å². The zero-order valence-corrected chi connectivity index (χ0v) is 15.4. The number of rotatable bonds is 6. The molecule has 0 aliphatic heterocycles. The van der Waals surface area contributed by atoms with Crippen molar-refractivity contribution in [1.82, 2.24) is 5.32 Å². The predicted octanol–water partition coefficient (Wildman–Crippen LogP) is 5.21. The van der Waals surface area contributed by atoms with Gasteiger partial charge in [-0.2, -0.15) is 0 Å². The Morgan fingerprint density at radius 1 is 1.00 bits per heavy atom. The van der Waals surface area contributed by atoms with E-state index in [1.807, 2.05) is 0 Å². The summed E-state index contributed by atoms with van der Waals surface area (Å²) in [4.78, 5) is 0. The molecule has 0 saturated heterocycles. The molecule has 0 heterocycles. The number of aryl methyl sites for hydroxylation is 1. The normalized spacial score (nSPS) is 10.7. The van der Waals surface area contributed by atoms with Crippen LogP contribution >= 0.6 is 31.9 Å². The lowest BCUT2D eigenvalue weighted by molar-refractivity contribution is 0.302. The average molecular weight is 413 g/mol. The third-order valence-electron chi connectivity index (χ3n) is 3.14. The molecule has 0 radical (unpaired) electrons. The number of ether oxygens (including phenoxy) is 1. The van der Waals surface area contributed by atoms with Crippen molar-refractivity contribution in [2.24, 2.45) is 0 Å². The molecular formula is C17H19Br2NO. The van der Waals surface area contributed by atoms with E-state index in [2.05, 4.69) is 87.4 Å². The van der Waals surface area contributed by atoms with E-state index in [0.717, 1.165) is 33.3 Å². The van der Waals surface area contributed by atoms with Crippen molar-refractivity contribution in [2.45, 2.75) is 27.0 Å². The monoisotopic (exact) mass is 411 g/mol. The molecule has 0 spiro atoms. The van der Waals surface area contributed by atoms with Crippen LogP contribution in [0.4, 0.5) is 0 Å². The van der Waals surface area contributed by atoms with E-state index in [9.17, 15) is 0 Å².